The second kappa shape index (κ2) is 7.18. The molecule has 1 aromatic heterocycles. The Hall–Kier alpha value is -1.48. The Bertz CT molecular complexity index is 883. The molecule has 0 aliphatic rings. The summed E-state index contributed by atoms with van der Waals surface area (Å²) in [4.78, 5) is 0. The molecule has 0 aliphatic heterocycles. The molecule has 24 heavy (non-hydrogen) atoms. The topological polar surface area (TPSA) is 18.5 Å². The van der Waals surface area contributed by atoms with Gasteiger partial charge in [0.05, 0.1) is 0 Å². The van der Waals surface area contributed by atoms with E-state index >= 15 is 0 Å². The molecule has 3 aromatic rings. The average Bonchev–Trinajstić information content (AvgIpc) is 2.95. The first-order valence-electron chi connectivity index (χ1n) is 7.63. The minimum atomic E-state index is 0.261. The van der Waals surface area contributed by atoms with Crippen molar-refractivity contribution >= 4 is 30.4 Å². The fourth-order valence-electron chi connectivity index (χ4n) is 2.74. The molecule has 0 radical (unpaired) electrons. The van der Waals surface area contributed by atoms with Crippen LogP contribution in [0.2, 0.25) is 0 Å². The molecule has 2 nitrogen and oxygen atoms in total. The third-order valence-corrected chi connectivity index (χ3v) is 7.80. The first-order valence-corrected chi connectivity index (χ1v) is 10.1. The van der Waals surface area contributed by atoms with Gasteiger partial charge in [0.25, 0.3) is 0 Å². The Labute approximate surface area is 157 Å². The summed E-state index contributed by atoms with van der Waals surface area (Å²) in [6, 6.07) is 14.8. The Morgan fingerprint density at radius 1 is 0.792 bits per heavy atom. The zero-order chi connectivity index (χ0) is 17.3. The van der Waals surface area contributed by atoms with E-state index < -0.39 is 0 Å². The molecule has 0 amide bonds. The fraction of sp³-hybridized carbons (Fsp3) is 0.200. The van der Waals surface area contributed by atoms with Crippen molar-refractivity contribution in [2.24, 2.45) is 0 Å². The molecule has 0 N–H and O–H groups in total. The molecule has 2 aromatic carbocycles. The van der Waals surface area contributed by atoms with Crippen LogP contribution in [0.4, 0.5) is 0 Å². The van der Waals surface area contributed by atoms with E-state index in [0.29, 0.717) is 0 Å². The number of methoxy groups -OCH3 is 2. The summed E-state index contributed by atoms with van der Waals surface area (Å²) in [5.41, 5.74) is 5.08. The molecule has 0 spiro atoms. The van der Waals surface area contributed by atoms with Gasteiger partial charge >= 0.3 is 158 Å². The minimum absolute atomic E-state index is 0.261. The number of hydrogen-bond acceptors (Lipinski definition) is 2. The van der Waals surface area contributed by atoms with Crippen molar-refractivity contribution in [2.45, 2.75) is 13.8 Å². The quantitative estimate of drug-likeness (QED) is 0.491. The van der Waals surface area contributed by atoms with Crippen molar-refractivity contribution in [2.75, 3.05) is 14.2 Å². The first kappa shape index (κ1) is 17.3. The van der Waals surface area contributed by atoms with E-state index in [-0.39, 0.29) is 14.5 Å². The summed E-state index contributed by atoms with van der Waals surface area (Å²) >= 11 is 4.03. The zero-order valence-corrected chi connectivity index (χ0v) is 17.4. The summed E-state index contributed by atoms with van der Waals surface area (Å²) < 4.78 is 14.6. The van der Waals surface area contributed by atoms with Crippen LogP contribution in [-0.2, 0) is 0 Å². The maximum absolute atomic E-state index is 5.32. The summed E-state index contributed by atoms with van der Waals surface area (Å²) in [6.07, 6.45) is 0. The van der Waals surface area contributed by atoms with Crippen LogP contribution in [0, 0.1) is 13.8 Å². The molecule has 0 saturated carbocycles. The van der Waals surface area contributed by atoms with E-state index in [4.69, 9.17) is 9.47 Å². The molecule has 0 fully saturated rings. The van der Waals surface area contributed by atoms with Crippen LogP contribution in [0.5, 0.6) is 11.5 Å². The molecule has 0 unspecified atom stereocenters. The van der Waals surface area contributed by atoms with Crippen molar-refractivity contribution in [1.82, 2.24) is 0 Å². The van der Waals surface area contributed by atoms with Gasteiger partial charge in [-0.25, -0.2) is 0 Å². The molecule has 0 bridgehead atoms. The van der Waals surface area contributed by atoms with Crippen LogP contribution >= 0.6 is 15.9 Å². The van der Waals surface area contributed by atoms with Crippen molar-refractivity contribution in [1.29, 1.82) is 0 Å². The summed E-state index contributed by atoms with van der Waals surface area (Å²) in [6.45, 7) is 4.27. The normalized spacial score (nSPS) is 10.7. The SMILES string of the molecule is COc1ccc(-c2cc(Br)c(-c3ccc(OC)cc3C)[se]2)c(C)c1. The van der Waals surface area contributed by atoms with E-state index in [1.54, 1.807) is 14.2 Å². The molecule has 3 rings (SSSR count). The molecule has 0 atom stereocenters. The Morgan fingerprint density at radius 3 is 1.83 bits per heavy atom. The van der Waals surface area contributed by atoms with Crippen LogP contribution in [0.25, 0.3) is 20.0 Å². The standard InChI is InChI=1S/C20H19BrO2Se/c1-12-9-14(22-3)5-7-16(12)19-11-18(21)20(24-19)17-8-6-15(23-4)10-13(17)2/h5-11H,1-4H3. The van der Waals surface area contributed by atoms with Gasteiger partial charge in [0.15, 0.2) is 0 Å². The summed E-state index contributed by atoms with van der Waals surface area (Å²) in [7, 11) is 3.41. The first-order chi connectivity index (χ1) is 11.5. The van der Waals surface area contributed by atoms with E-state index in [9.17, 15) is 0 Å². The average molecular weight is 450 g/mol. The fourth-order valence-corrected chi connectivity index (χ4v) is 6.53. The number of aryl methyl sites for hydroxylation is 2. The van der Waals surface area contributed by atoms with Crippen LogP contribution < -0.4 is 9.47 Å². The van der Waals surface area contributed by atoms with Crippen LogP contribution in [0.15, 0.2) is 46.9 Å². The van der Waals surface area contributed by atoms with Gasteiger partial charge < -0.3 is 0 Å². The van der Waals surface area contributed by atoms with E-state index in [2.05, 4.69) is 60.1 Å². The van der Waals surface area contributed by atoms with E-state index in [1.165, 1.54) is 35.6 Å². The third-order valence-electron chi connectivity index (χ3n) is 4.06. The van der Waals surface area contributed by atoms with Gasteiger partial charge in [-0.1, -0.05) is 0 Å². The monoisotopic (exact) mass is 450 g/mol. The zero-order valence-electron chi connectivity index (χ0n) is 14.1. The van der Waals surface area contributed by atoms with Gasteiger partial charge in [-0.15, -0.1) is 0 Å². The van der Waals surface area contributed by atoms with Crippen molar-refractivity contribution in [3.63, 3.8) is 0 Å². The molecular weight excluding hydrogens is 431 g/mol. The van der Waals surface area contributed by atoms with Gasteiger partial charge in [0.2, 0.25) is 0 Å². The second-order valence-electron chi connectivity index (χ2n) is 5.65. The van der Waals surface area contributed by atoms with Crippen LogP contribution in [0.1, 0.15) is 11.1 Å². The summed E-state index contributed by atoms with van der Waals surface area (Å²) in [5.74, 6) is 1.80. The number of rotatable bonds is 4. The molecule has 124 valence electrons. The maximum atomic E-state index is 5.32. The molecule has 0 saturated heterocycles. The molecule has 0 aliphatic carbocycles. The van der Waals surface area contributed by atoms with Crippen molar-refractivity contribution in [3.05, 3.63) is 58.1 Å². The Balaban J connectivity index is 2.05. The second-order valence-corrected chi connectivity index (χ2v) is 8.71. The molecular formula is C20H19BrO2Se. The number of benzene rings is 2. The number of ether oxygens (including phenoxy) is 2. The van der Waals surface area contributed by atoms with Gasteiger partial charge in [-0.3, -0.25) is 0 Å². The van der Waals surface area contributed by atoms with Crippen LogP contribution in [0.3, 0.4) is 0 Å². The van der Waals surface area contributed by atoms with E-state index in [0.717, 1.165) is 11.5 Å². The predicted octanol–water partition coefficient (Wildman–Crippen LogP) is 5.47. The van der Waals surface area contributed by atoms with Gasteiger partial charge in [-0.2, -0.15) is 0 Å². The number of hydrogen-bond donors (Lipinski definition) is 0. The Kier molecular flexibility index (Phi) is 5.19. The molecule has 4 heteroatoms. The van der Waals surface area contributed by atoms with Crippen LogP contribution in [-0.4, -0.2) is 28.7 Å². The van der Waals surface area contributed by atoms with Crippen molar-refractivity contribution in [3.8, 4) is 31.5 Å². The van der Waals surface area contributed by atoms with Gasteiger partial charge in [-0.05, 0) is 0 Å². The van der Waals surface area contributed by atoms with Gasteiger partial charge in [0.1, 0.15) is 0 Å². The van der Waals surface area contributed by atoms with Crippen molar-refractivity contribution < 1.29 is 9.47 Å². The van der Waals surface area contributed by atoms with E-state index in [1.807, 2.05) is 12.1 Å². The van der Waals surface area contributed by atoms with Gasteiger partial charge in [0, 0.05) is 0 Å². The summed E-state index contributed by atoms with van der Waals surface area (Å²) in [5, 5.41) is 0. The third kappa shape index (κ3) is 3.32. The predicted molar refractivity (Wildman–Crippen MR) is 105 cm³/mol. The molecule has 1 heterocycles. The Morgan fingerprint density at radius 2 is 1.33 bits per heavy atom. The number of halogens is 1.